The molecule has 2 aliphatic heterocycles. The second kappa shape index (κ2) is 5.28. The third kappa shape index (κ3) is 2.77. The lowest BCUT2D eigenvalue weighted by Crippen LogP contribution is -2.54. The van der Waals surface area contributed by atoms with E-state index in [4.69, 9.17) is 0 Å². The molecule has 2 fully saturated rings. The largest absolute Gasteiger partial charge is 0.416 e. The molecule has 2 nitrogen and oxygen atoms in total. The molecule has 0 aliphatic carbocycles. The first-order valence-corrected chi connectivity index (χ1v) is 7.20. The van der Waals surface area contributed by atoms with Crippen LogP contribution in [0.2, 0.25) is 0 Å². The Hall–Kier alpha value is -1.23. The summed E-state index contributed by atoms with van der Waals surface area (Å²) in [5.41, 5.74) is 0.145. The number of hydrogen-bond acceptors (Lipinski definition) is 2. The Kier molecular flexibility index (Phi) is 3.63. The highest BCUT2D eigenvalue weighted by molar-refractivity contribution is 5.50. The number of benzene rings is 1. The van der Waals surface area contributed by atoms with E-state index >= 15 is 0 Å². The van der Waals surface area contributed by atoms with Gasteiger partial charge in [0.15, 0.2) is 0 Å². The summed E-state index contributed by atoms with van der Waals surface area (Å²) in [7, 11) is 0. The molecule has 1 aromatic rings. The predicted octanol–water partition coefficient (Wildman–Crippen LogP) is 3.38. The van der Waals surface area contributed by atoms with E-state index in [1.165, 1.54) is 25.0 Å². The third-order valence-electron chi connectivity index (χ3n) is 4.38. The summed E-state index contributed by atoms with van der Waals surface area (Å²) < 4.78 is 38.3. The van der Waals surface area contributed by atoms with Crippen molar-refractivity contribution in [3.63, 3.8) is 0 Å². The molecular weight excluding hydrogens is 265 g/mol. The number of piperidine rings is 1. The number of halogens is 3. The topological polar surface area (TPSA) is 6.48 Å². The zero-order valence-corrected chi connectivity index (χ0v) is 11.4. The van der Waals surface area contributed by atoms with Crippen LogP contribution < -0.4 is 4.90 Å². The van der Waals surface area contributed by atoms with Crippen LogP contribution in [0.15, 0.2) is 24.3 Å². The molecule has 1 unspecified atom stereocenters. The van der Waals surface area contributed by atoms with Crippen molar-refractivity contribution in [2.45, 2.75) is 31.5 Å². The minimum Gasteiger partial charge on any atom is -0.369 e. The minimum atomic E-state index is -4.26. The van der Waals surface area contributed by atoms with Crippen LogP contribution in [0.25, 0.3) is 0 Å². The van der Waals surface area contributed by atoms with Gasteiger partial charge in [0.05, 0.1) is 5.56 Å². The minimum absolute atomic E-state index is 0.507. The Bertz CT molecular complexity index is 472. The first-order valence-electron chi connectivity index (χ1n) is 7.20. The molecule has 0 saturated carbocycles. The number of piperazine rings is 1. The van der Waals surface area contributed by atoms with Crippen LogP contribution in [0.1, 0.15) is 24.8 Å². The van der Waals surface area contributed by atoms with Gasteiger partial charge in [0.1, 0.15) is 0 Å². The summed E-state index contributed by atoms with van der Waals surface area (Å²) in [5, 5.41) is 0. The number of nitrogens with zero attached hydrogens (tertiary/aromatic N) is 2. The zero-order chi connectivity index (χ0) is 14.2. The maximum atomic E-state index is 12.8. The fourth-order valence-corrected chi connectivity index (χ4v) is 3.27. The van der Waals surface area contributed by atoms with Gasteiger partial charge in [-0.3, -0.25) is 4.90 Å². The van der Waals surface area contributed by atoms with Gasteiger partial charge in [-0.25, -0.2) is 0 Å². The highest BCUT2D eigenvalue weighted by Gasteiger charge is 2.32. The zero-order valence-electron chi connectivity index (χ0n) is 11.4. The van der Waals surface area contributed by atoms with E-state index in [1.54, 1.807) is 6.07 Å². The Morgan fingerprint density at radius 1 is 1.05 bits per heavy atom. The van der Waals surface area contributed by atoms with Crippen molar-refractivity contribution in [3.05, 3.63) is 29.8 Å². The summed E-state index contributed by atoms with van der Waals surface area (Å²) >= 11 is 0. The van der Waals surface area contributed by atoms with Gasteiger partial charge in [-0.15, -0.1) is 0 Å². The van der Waals surface area contributed by atoms with Crippen molar-refractivity contribution in [1.29, 1.82) is 0 Å². The molecule has 20 heavy (non-hydrogen) atoms. The van der Waals surface area contributed by atoms with E-state index in [2.05, 4.69) is 9.80 Å². The Morgan fingerprint density at radius 3 is 2.70 bits per heavy atom. The van der Waals surface area contributed by atoms with Crippen molar-refractivity contribution in [2.24, 2.45) is 0 Å². The fraction of sp³-hybridized carbons (Fsp3) is 0.600. The maximum Gasteiger partial charge on any atom is 0.416 e. The summed E-state index contributed by atoms with van der Waals surface area (Å²) in [6.45, 7) is 3.77. The van der Waals surface area contributed by atoms with Crippen molar-refractivity contribution in [3.8, 4) is 0 Å². The Morgan fingerprint density at radius 2 is 1.90 bits per heavy atom. The number of anilines is 1. The molecular formula is C15H19F3N2. The molecule has 1 aromatic carbocycles. The van der Waals surface area contributed by atoms with Crippen molar-refractivity contribution >= 4 is 5.69 Å². The summed E-state index contributed by atoms with van der Waals surface area (Å²) in [6.07, 6.45) is -0.615. The molecule has 2 aliphatic rings. The number of rotatable bonds is 1. The van der Waals surface area contributed by atoms with Gasteiger partial charge in [-0.2, -0.15) is 13.2 Å². The molecule has 0 N–H and O–H groups in total. The van der Waals surface area contributed by atoms with Gasteiger partial charge >= 0.3 is 6.18 Å². The highest BCUT2D eigenvalue weighted by Crippen LogP contribution is 2.32. The van der Waals surface area contributed by atoms with Gasteiger partial charge in [-0.1, -0.05) is 12.5 Å². The lowest BCUT2D eigenvalue weighted by molar-refractivity contribution is -0.137. The summed E-state index contributed by atoms with van der Waals surface area (Å²) in [5.74, 6) is 0. The number of hydrogen-bond donors (Lipinski definition) is 0. The quantitative estimate of drug-likeness (QED) is 0.780. The highest BCUT2D eigenvalue weighted by atomic mass is 19.4. The first-order chi connectivity index (χ1) is 9.54. The van der Waals surface area contributed by atoms with Crippen LogP contribution >= 0.6 is 0 Å². The van der Waals surface area contributed by atoms with Gasteiger partial charge < -0.3 is 4.90 Å². The molecule has 0 aromatic heterocycles. The monoisotopic (exact) mass is 284 g/mol. The average Bonchev–Trinajstić information content (AvgIpc) is 2.46. The van der Waals surface area contributed by atoms with Crippen LogP contribution in [-0.2, 0) is 6.18 Å². The molecule has 2 heterocycles. The Balaban J connectivity index is 1.76. The number of alkyl halides is 3. The van der Waals surface area contributed by atoms with Crippen LogP contribution in [0.4, 0.5) is 18.9 Å². The van der Waals surface area contributed by atoms with Crippen LogP contribution in [0, 0.1) is 0 Å². The summed E-state index contributed by atoms with van der Waals surface area (Å²) in [6, 6.07) is 6.21. The second-order valence-corrected chi connectivity index (χ2v) is 5.68. The lowest BCUT2D eigenvalue weighted by Gasteiger charge is -2.45. The molecule has 0 radical (unpaired) electrons. The van der Waals surface area contributed by atoms with Gasteiger partial charge in [0, 0.05) is 31.4 Å². The van der Waals surface area contributed by atoms with Crippen molar-refractivity contribution in [2.75, 3.05) is 31.1 Å². The molecule has 2 saturated heterocycles. The number of fused-ring (bicyclic) bond motifs is 1. The molecule has 3 rings (SSSR count). The van der Waals surface area contributed by atoms with Crippen molar-refractivity contribution in [1.82, 2.24) is 4.90 Å². The van der Waals surface area contributed by atoms with Gasteiger partial charge in [-0.05, 0) is 37.6 Å². The molecule has 1 atom stereocenters. The van der Waals surface area contributed by atoms with Crippen LogP contribution in [-0.4, -0.2) is 37.1 Å². The SMILES string of the molecule is FC(F)(F)c1cccc(N2CCN3CCCCC3C2)c1. The molecule has 5 heteroatoms. The van der Waals surface area contributed by atoms with E-state index in [-0.39, 0.29) is 0 Å². The molecule has 110 valence electrons. The predicted molar refractivity (Wildman–Crippen MR) is 72.9 cm³/mol. The van der Waals surface area contributed by atoms with E-state index in [0.29, 0.717) is 11.7 Å². The van der Waals surface area contributed by atoms with E-state index in [0.717, 1.165) is 38.7 Å². The maximum absolute atomic E-state index is 12.8. The van der Waals surface area contributed by atoms with Crippen LogP contribution in [0.3, 0.4) is 0 Å². The first kappa shape index (κ1) is 13.7. The molecule has 0 spiro atoms. The normalized spacial score (nSPS) is 24.6. The van der Waals surface area contributed by atoms with E-state index < -0.39 is 11.7 Å². The molecule has 0 amide bonds. The summed E-state index contributed by atoms with van der Waals surface area (Å²) in [4.78, 5) is 4.58. The van der Waals surface area contributed by atoms with E-state index in [9.17, 15) is 13.2 Å². The van der Waals surface area contributed by atoms with Gasteiger partial charge in [0.2, 0.25) is 0 Å². The third-order valence-corrected chi connectivity index (χ3v) is 4.38. The van der Waals surface area contributed by atoms with Crippen molar-refractivity contribution < 1.29 is 13.2 Å². The fourth-order valence-electron chi connectivity index (χ4n) is 3.27. The van der Waals surface area contributed by atoms with Gasteiger partial charge in [0.25, 0.3) is 0 Å². The molecule has 0 bridgehead atoms. The average molecular weight is 284 g/mol. The smallest absolute Gasteiger partial charge is 0.369 e. The lowest BCUT2D eigenvalue weighted by atomic mass is 9.99. The Labute approximate surface area is 117 Å². The standard InChI is InChI=1S/C15H19F3N2/c16-15(17,18)12-4-3-6-13(10-12)20-9-8-19-7-2-1-5-14(19)11-20/h3-4,6,10,14H,1-2,5,7-9,11H2. The second-order valence-electron chi connectivity index (χ2n) is 5.68. The van der Waals surface area contributed by atoms with E-state index in [1.807, 2.05) is 0 Å². The van der Waals surface area contributed by atoms with Crippen LogP contribution in [0.5, 0.6) is 0 Å².